The molecule has 0 atom stereocenters. The van der Waals surface area contributed by atoms with Crippen molar-refractivity contribution in [3.8, 4) is 6.07 Å². The number of amides is 2. The minimum Gasteiger partial charge on any atom is -0.355 e. The second-order valence-corrected chi connectivity index (χ2v) is 6.07. The van der Waals surface area contributed by atoms with E-state index in [4.69, 9.17) is 0 Å². The van der Waals surface area contributed by atoms with Gasteiger partial charge < -0.3 is 10.6 Å². The van der Waals surface area contributed by atoms with Gasteiger partial charge in [-0.25, -0.2) is 9.36 Å². The summed E-state index contributed by atoms with van der Waals surface area (Å²) in [6, 6.07) is 8.01. The standard InChI is InChI=1S/C18H17N5O4/c1-20-16(25)11-4-6-12(7-5-11)21-15(24)10-23-17(26)13(9-19)14-3-2-8-22(14)18(23)27/h4-7H,2-3,8,10H2,1H3,(H,20,25)(H,21,24). The SMILES string of the molecule is CNC(=O)c1ccc(NC(=O)Cn2c(=O)c(C#N)c3n(c2=O)CCC3)cc1. The van der Waals surface area contributed by atoms with Crippen LogP contribution in [-0.4, -0.2) is 28.0 Å². The largest absolute Gasteiger partial charge is 0.355 e. The van der Waals surface area contributed by atoms with Gasteiger partial charge in [0.05, 0.1) is 0 Å². The lowest BCUT2D eigenvalue weighted by atomic mass is 10.2. The fourth-order valence-corrected chi connectivity index (χ4v) is 3.08. The maximum Gasteiger partial charge on any atom is 0.331 e. The molecule has 0 radical (unpaired) electrons. The fourth-order valence-electron chi connectivity index (χ4n) is 3.08. The van der Waals surface area contributed by atoms with Crippen molar-refractivity contribution in [3.63, 3.8) is 0 Å². The van der Waals surface area contributed by atoms with Gasteiger partial charge in [0.15, 0.2) is 0 Å². The van der Waals surface area contributed by atoms with Crippen LogP contribution in [0.3, 0.4) is 0 Å². The van der Waals surface area contributed by atoms with Gasteiger partial charge in [-0.2, -0.15) is 5.26 Å². The minimum atomic E-state index is -0.749. The molecule has 2 N–H and O–H groups in total. The Kier molecular flexibility index (Phi) is 4.90. The van der Waals surface area contributed by atoms with E-state index >= 15 is 0 Å². The molecule has 0 bridgehead atoms. The highest BCUT2D eigenvalue weighted by molar-refractivity contribution is 5.95. The molecule has 0 saturated carbocycles. The maximum absolute atomic E-state index is 12.5. The number of nitriles is 1. The third-order valence-corrected chi connectivity index (χ3v) is 4.40. The first-order chi connectivity index (χ1) is 13.0. The molecule has 0 unspecified atom stereocenters. The molecule has 0 saturated heterocycles. The lowest BCUT2D eigenvalue weighted by Crippen LogP contribution is -2.44. The number of nitrogens with zero attached hydrogens (tertiary/aromatic N) is 3. The van der Waals surface area contributed by atoms with Gasteiger partial charge in [-0.05, 0) is 37.1 Å². The molecule has 27 heavy (non-hydrogen) atoms. The molecule has 9 heteroatoms. The molecule has 2 amide bonds. The maximum atomic E-state index is 12.5. The van der Waals surface area contributed by atoms with Gasteiger partial charge >= 0.3 is 5.69 Å². The molecule has 3 rings (SSSR count). The van der Waals surface area contributed by atoms with Crippen LogP contribution in [0, 0.1) is 11.3 Å². The molecule has 138 valence electrons. The van der Waals surface area contributed by atoms with Gasteiger partial charge in [-0.15, -0.1) is 0 Å². The average Bonchev–Trinajstić information content (AvgIpc) is 3.15. The smallest absolute Gasteiger partial charge is 0.331 e. The molecule has 9 nitrogen and oxygen atoms in total. The molecule has 1 aliphatic heterocycles. The second-order valence-electron chi connectivity index (χ2n) is 6.07. The predicted octanol–water partition coefficient (Wildman–Crippen LogP) is -0.174. The predicted molar refractivity (Wildman–Crippen MR) is 96.5 cm³/mol. The summed E-state index contributed by atoms with van der Waals surface area (Å²) >= 11 is 0. The number of hydrogen-bond donors (Lipinski definition) is 2. The number of nitrogens with one attached hydrogen (secondary N) is 2. The van der Waals surface area contributed by atoms with E-state index in [1.165, 1.54) is 11.6 Å². The summed E-state index contributed by atoms with van der Waals surface area (Å²) < 4.78 is 2.16. The summed E-state index contributed by atoms with van der Waals surface area (Å²) in [6.45, 7) is -0.0739. The summed E-state index contributed by atoms with van der Waals surface area (Å²) in [4.78, 5) is 48.7. The number of aromatic nitrogens is 2. The second kappa shape index (κ2) is 7.29. The van der Waals surface area contributed by atoms with Gasteiger partial charge in [0, 0.05) is 30.5 Å². The Bertz CT molecular complexity index is 1070. The number of anilines is 1. The van der Waals surface area contributed by atoms with Crippen molar-refractivity contribution in [2.75, 3.05) is 12.4 Å². The van der Waals surface area contributed by atoms with Crippen LogP contribution in [0.25, 0.3) is 0 Å². The zero-order chi connectivity index (χ0) is 19.6. The topological polar surface area (TPSA) is 126 Å². The molecule has 0 fully saturated rings. The van der Waals surface area contributed by atoms with E-state index < -0.39 is 23.7 Å². The molecule has 0 aliphatic carbocycles. The van der Waals surface area contributed by atoms with Gasteiger partial charge in [-0.1, -0.05) is 0 Å². The first-order valence-corrected chi connectivity index (χ1v) is 8.35. The van der Waals surface area contributed by atoms with Crippen LogP contribution in [0.5, 0.6) is 0 Å². The van der Waals surface area contributed by atoms with Crippen LogP contribution in [0.15, 0.2) is 33.9 Å². The number of carbonyl (C=O) groups is 2. The van der Waals surface area contributed by atoms with Crippen molar-refractivity contribution in [1.82, 2.24) is 14.5 Å². The lowest BCUT2D eigenvalue weighted by molar-refractivity contribution is -0.116. The zero-order valence-electron chi connectivity index (χ0n) is 14.6. The lowest BCUT2D eigenvalue weighted by Gasteiger charge is -2.11. The van der Waals surface area contributed by atoms with E-state index in [0.717, 1.165) is 4.57 Å². The quantitative estimate of drug-likeness (QED) is 0.776. The molecule has 2 heterocycles. The molecular formula is C18H17N5O4. The Hall–Kier alpha value is -3.67. The Morgan fingerprint density at radius 1 is 1.22 bits per heavy atom. The van der Waals surface area contributed by atoms with Crippen LogP contribution < -0.4 is 21.9 Å². The Balaban J connectivity index is 1.83. The van der Waals surface area contributed by atoms with E-state index in [1.54, 1.807) is 24.3 Å². The molecule has 1 aliphatic rings. The van der Waals surface area contributed by atoms with Crippen LogP contribution in [-0.2, 0) is 24.3 Å². The van der Waals surface area contributed by atoms with Gasteiger partial charge in [0.2, 0.25) is 5.91 Å². The average molecular weight is 367 g/mol. The minimum absolute atomic E-state index is 0.0881. The van der Waals surface area contributed by atoms with Crippen molar-refractivity contribution in [2.45, 2.75) is 25.9 Å². The summed E-state index contributed by atoms with van der Waals surface area (Å²) in [6.07, 6.45) is 1.18. The molecule has 2 aromatic rings. The van der Waals surface area contributed by atoms with Crippen molar-refractivity contribution < 1.29 is 9.59 Å². The van der Waals surface area contributed by atoms with E-state index in [1.807, 2.05) is 6.07 Å². The van der Waals surface area contributed by atoms with Gasteiger partial charge in [0.1, 0.15) is 18.2 Å². The van der Waals surface area contributed by atoms with Crippen LogP contribution in [0.1, 0.15) is 28.0 Å². The number of carbonyl (C=O) groups excluding carboxylic acids is 2. The van der Waals surface area contributed by atoms with Gasteiger partial charge in [0.25, 0.3) is 11.5 Å². The zero-order valence-corrected chi connectivity index (χ0v) is 14.6. The number of benzene rings is 1. The number of fused-ring (bicyclic) bond motifs is 1. The van der Waals surface area contributed by atoms with E-state index in [0.29, 0.717) is 36.3 Å². The molecule has 0 spiro atoms. The Labute approximate surface area is 153 Å². The van der Waals surface area contributed by atoms with E-state index in [-0.39, 0.29) is 11.5 Å². The highest BCUT2D eigenvalue weighted by Gasteiger charge is 2.23. The summed E-state index contributed by atoms with van der Waals surface area (Å²) in [5, 5.41) is 14.3. The molecule has 1 aromatic heterocycles. The highest BCUT2D eigenvalue weighted by Crippen LogP contribution is 2.13. The molecular weight excluding hydrogens is 350 g/mol. The first-order valence-electron chi connectivity index (χ1n) is 8.35. The fraction of sp³-hybridized carbons (Fsp3) is 0.278. The highest BCUT2D eigenvalue weighted by atomic mass is 16.2. The third-order valence-electron chi connectivity index (χ3n) is 4.40. The van der Waals surface area contributed by atoms with Crippen molar-refractivity contribution in [3.05, 3.63) is 61.9 Å². The van der Waals surface area contributed by atoms with Crippen molar-refractivity contribution >= 4 is 17.5 Å². The van der Waals surface area contributed by atoms with Crippen LogP contribution >= 0.6 is 0 Å². The summed E-state index contributed by atoms with van der Waals surface area (Å²) in [5.41, 5.74) is -0.133. The van der Waals surface area contributed by atoms with Crippen molar-refractivity contribution in [1.29, 1.82) is 5.26 Å². The monoisotopic (exact) mass is 367 g/mol. The third kappa shape index (κ3) is 3.37. The Morgan fingerprint density at radius 3 is 2.56 bits per heavy atom. The van der Waals surface area contributed by atoms with Crippen molar-refractivity contribution in [2.24, 2.45) is 0 Å². The Morgan fingerprint density at radius 2 is 1.93 bits per heavy atom. The van der Waals surface area contributed by atoms with E-state index in [9.17, 15) is 24.4 Å². The van der Waals surface area contributed by atoms with Crippen LogP contribution in [0.2, 0.25) is 0 Å². The van der Waals surface area contributed by atoms with E-state index in [2.05, 4.69) is 10.6 Å². The number of rotatable bonds is 4. The van der Waals surface area contributed by atoms with Crippen LogP contribution in [0.4, 0.5) is 5.69 Å². The molecule has 1 aromatic carbocycles. The normalized spacial score (nSPS) is 12.1. The summed E-state index contributed by atoms with van der Waals surface area (Å²) in [7, 11) is 1.51. The van der Waals surface area contributed by atoms with Gasteiger partial charge in [-0.3, -0.25) is 19.0 Å². The number of hydrogen-bond acceptors (Lipinski definition) is 5. The summed E-state index contributed by atoms with van der Waals surface area (Å²) in [5.74, 6) is -0.834. The first kappa shape index (κ1) is 18.1.